The number of rotatable bonds is 2. The molecule has 2 unspecified atom stereocenters. The molecule has 2 fully saturated rings. The maximum absolute atomic E-state index is 12.5. The second-order valence-electron chi connectivity index (χ2n) is 6.08. The Morgan fingerprint density at radius 3 is 2.50 bits per heavy atom. The number of carbonyl (C=O) groups is 1. The second-order valence-corrected chi connectivity index (χ2v) is 6.08. The van der Waals surface area contributed by atoms with Crippen LogP contribution in [0.5, 0.6) is 0 Å². The largest absolute Gasteiger partial charge is 0.341 e. The highest BCUT2D eigenvalue weighted by Crippen LogP contribution is 2.19. The third-order valence-electron chi connectivity index (χ3n) is 4.44. The molecule has 0 aromatic rings. The van der Waals surface area contributed by atoms with Gasteiger partial charge in [-0.2, -0.15) is 0 Å². The van der Waals surface area contributed by atoms with Crippen LogP contribution in [0.4, 0.5) is 0 Å². The summed E-state index contributed by atoms with van der Waals surface area (Å²) in [6, 6.07) is 0.335. The maximum Gasteiger partial charge on any atom is 0.239 e. The Balaban J connectivity index is 1.87. The first-order chi connectivity index (χ1) is 8.58. The first-order valence-electron chi connectivity index (χ1n) is 7.36. The van der Waals surface area contributed by atoms with E-state index in [2.05, 4.69) is 18.7 Å². The highest BCUT2D eigenvalue weighted by Gasteiger charge is 2.30. The first kappa shape index (κ1) is 13.8. The fourth-order valence-electron chi connectivity index (χ4n) is 3.12. The molecule has 2 aliphatic heterocycles. The highest BCUT2D eigenvalue weighted by molar-refractivity contribution is 5.81. The predicted octanol–water partition coefficient (Wildman–Crippen LogP) is 1.06. The van der Waals surface area contributed by atoms with Crippen LogP contribution in [0.15, 0.2) is 0 Å². The smallest absolute Gasteiger partial charge is 0.239 e. The van der Waals surface area contributed by atoms with Gasteiger partial charge in [0.25, 0.3) is 0 Å². The van der Waals surface area contributed by atoms with Crippen LogP contribution >= 0.6 is 0 Å². The molecule has 2 heterocycles. The average Bonchev–Trinajstić information content (AvgIpc) is 2.38. The van der Waals surface area contributed by atoms with Gasteiger partial charge in [0.2, 0.25) is 5.91 Å². The van der Waals surface area contributed by atoms with Crippen LogP contribution in [0.25, 0.3) is 0 Å². The summed E-state index contributed by atoms with van der Waals surface area (Å²) in [5.74, 6) is 1.03. The summed E-state index contributed by atoms with van der Waals surface area (Å²) in [7, 11) is 0. The molecule has 104 valence electrons. The van der Waals surface area contributed by atoms with Crippen LogP contribution in [0.3, 0.4) is 0 Å². The number of hydrogen-bond acceptors (Lipinski definition) is 3. The van der Waals surface area contributed by atoms with Gasteiger partial charge < -0.3 is 10.6 Å². The van der Waals surface area contributed by atoms with Crippen molar-refractivity contribution in [3.63, 3.8) is 0 Å². The Morgan fingerprint density at radius 2 is 1.89 bits per heavy atom. The summed E-state index contributed by atoms with van der Waals surface area (Å²) in [5, 5.41) is 0. The molecule has 0 aromatic carbocycles. The zero-order chi connectivity index (χ0) is 13.1. The number of nitrogens with two attached hydrogens (primary N) is 1. The minimum atomic E-state index is 0.0436. The summed E-state index contributed by atoms with van der Waals surface area (Å²) in [6.45, 7) is 8.17. The van der Waals surface area contributed by atoms with Crippen LogP contribution in [0.1, 0.15) is 39.5 Å². The monoisotopic (exact) mass is 253 g/mol. The van der Waals surface area contributed by atoms with E-state index in [4.69, 9.17) is 5.73 Å². The van der Waals surface area contributed by atoms with Crippen molar-refractivity contribution in [2.24, 2.45) is 11.7 Å². The van der Waals surface area contributed by atoms with Gasteiger partial charge in [-0.05, 0) is 45.1 Å². The van der Waals surface area contributed by atoms with Crippen molar-refractivity contribution in [1.29, 1.82) is 0 Å². The molecule has 18 heavy (non-hydrogen) atoms. The fourth-order valence-corrected chi connectivity index (χ4v) is 3.12. The minimum Gasteiger partial charge on any atom is -0.341 e. The number of nitrogens with zero attached hydrogens (tertiary/aromatic N) is 2. The number of likely N-dealkylation sites (tertiary alicyclic amines) is 2. The normalized spacial score (nSPS) is 29.3. The number of amides is 1. The van der Waals surface area contributed by atoms with Crippen molar-refractivity contribution in [3.05, 3.63) is 0 Å². The van der Waals surface area contributed by atoms with Gasteiger partial charge in [-0.25, -0.2) is 0 Å². The molecular weight excluding hydrogens is 226 g/mol. The molecule has 0 aromatic heterocycles. The van der Waals surface area contributed by atoms with Gasteiger partial charge in [0.15, 0.2) is 0 Å². The third-order valence-corrected chi connectivity index (χ3v) is 4.44. The molecule has 0 bridgehead atoms. The zero-order valence-electron chi connectivity index (χ0n) is 11.8. The SMILES string of the molecule is CC1CCCN(C(C)C(=O)N2CCC(N)CC2)C1. The zero-order valence-corrected chi connectivity index (χ0v) is 11.8. The van der Waals surface area contributed by atoms with Crippen LogP contribution in [-0.4, -0.2) is 54.0 Å². The van der Waals surface area contributed by atoms with E-state index in [1.807, 2.05) is 4.90 Å². The summed E-state index contributed by atoms with van der Waals surface area (Å²) in [4.78, 5) is 16.8. The van der Waals surface area contributed by atoms with Crippen molar-refractivity contribution in [2.75, 3.05) is 26.2 Å². The van der Waals surface area contributed by atoms with E-state index in [1.165, 1.54) is 12.8 Å². The van der Waals surface area contributed by atoms with Crippen LogP contribution in [0.2, 0.25) is 0 Å². The molecule has 0 spiro atoms. The summed E-state index contributed by atoms with van der Waals surface area (Å²) in [5.41, 5.74) is 5.89. The number of piperidine rings is 2. The van der Waals surface area contributed by atoms with E-state index in [0.29, 0.717) is 11.9 Å². The minimum absolute atomic E-state index is 0.0436. The lowest BCUT2D eigenvalue weighted by molar-refractivity contribution is -0.138. The van der Waals surface area contributed by atoms with E-state index in [-0.39, 0.29) is 6.04 Å². The van der Waals surface area contributed by atoms with Gasteiger partial charge >= 0.3 is 0 Å². The maximum atomic E-state index is 12.5. The van der Waals surface area contributed by atoms with E-state index in [0.717, 1.165) is 44.9 Å². The van der Waals surface area contributed by atoms with Crippen LogP contribution in [0, 0.1) is 5.92 Å². The molecule has 0 radical (unpaired) electrons. The molecular formula is C14H27N3O. The molecule has 4 nitrogen and oxygen atoms in total. The topological polar surface area (TPSA) is 49.6 Å². The lowest BCUT2D eigenvalue weighted by Gasteiger charge is -2.38. The van der Waals surface area contributed by atoms with E-state index < -0.39 is 0 Å². The highest BCUT2D eigenvalue weighted by atomic mass is 16.2. The standard InChI is InChI=1S/C14H27N3O/c1-11-4-3-7-17(10-11)12(2)14(18)16-8-5-13(15)6-9-16/h11-13H,3-10,15H2,1-2H3. The van der Waals surface area contributed by atoms with Crippen LogP contribution < -0.4 is 5.73 Å². The average molecular weight is 253 g/mol. The van der Waals surface area contributed by atoms with Gasteiger partial charge in [-0.1, -0.05) is 6.92 Å². The van der Waals surface area contributed by atoms with Crippen molar-refractivity contribution in [2.45, 2.75) is 51.6 Å². The van der Waals surface area contributed by atoms with Crippen molar-refractivity contribution >= 4 is 5.91 Å². The summed E-state index contributed by atoms with van der Waals surface area (Å²) >= 11 is 0. The van der Waals surface area contributed by atoms with Gasteiger partial charge in [0.1, 0.15) is 0 Å². The second kappa shape index (κ2) is 6.02. The first-order valence-corrected chi connectivity index (χ1v) is 7.36. The predicted molar refractivity (Wildman–Crippen MR) is 73.2 cm³/mol. The van der Waals surface area contributed by atoms with E-state index >= 15 is 0 Å². The molecule has 0 saturated carbocycles. The summed E-state index contributed by atoms with van der Waals surface area (Å²) < 4.78 is 0. The third kappa shape index (κ3) is 3.23. The van der Waals surface area contributed by atoms with Gasteiger partial charge in [0.05, 0.1) is 6.04 Å². The molecule has 2 saturated heterocycles. The van der Waals surface area contributed by atoms with E-state index in [1.54, 1.807) is 0 Å². The molecule has 1 amide bonds. The lowest BCUT2D eigenvalue weighted by atomic mass is 9.98. The van der Waals surface area contributed by atoms with Crippen LogP contribution in [-0.2, 0) is 4.79 Å². The molecule has 4 heteroatoms. The molecule has 2 atom stereocenters. The Bertz CT molecular complexity index is 287. The molecule has 2 N–H and O–H groups in total. The van der Waals surface area contributed by atoms with Gasteiger partial charge in [0, 0.05) is 25.7 Å². The van der Waals surface area contributed by atoms with Crippen molar-refractivity contribution in [1.82, 2.24) is 9.80 Å². The quantitative estimate of drug-likeness (QED) is 0.800. The molecule has 2 rings (SSSR count). The van der Waals surface area contributed by atoms with Gasteiger partial charge in [-0.15, -0.1) is 0 Å². The Kier molecular flexibility index (Phi) is 4.62. The fraction of sp³-hybridized carbons (Fsp3) is 0.929. The molecule has 0 aliphatic carbocycles. The van der Waals surface area contributed by atoms with Crippen molar-refractivity contribution < 1.29 is 4.79 Å². The van der Waals surface area contributed by atoms with Crippen molar-refractivity contribution in [3.8, 4) is 0 Å². The lowest BCUT2D eigenvalue weighted by Crippen LogP contribution is -2.52. The Hall–Kier alpha value is -0.610. The van der Waals surface area contributed by atoms with Gasteiger partial charge in [-0.3, -0.25) is 9.69 Å². The Labute approximate surface area is 110 Å². The Morgan fingerprint density at radius 1 is 1.22 bits per heavy atom. The van der Waals surface area contributed by atoms with E-state index in [9.17, 15) is 4.79 Å². The number of hydrogen-bond donors (Lipinski definition) is 1. The molecule has 2 aliphatic rings. The summed E-state index contributed by atoms with van der Waals surface area (Å²) in [6.07, 6.45) is 4.43. The number of carbonyl (C=O) groups excluding carboxylic acids is 1.